The Morgan fingerprint density at radius 1 is 1.25 bits per heavy atom. The van der Waals surface area contributed by atoms with Gasteiger partial charge in [0.15, 0.2) is 0 Å². The third kappa shape index (κ3) is 3.27. The first-order valence-corrected chi connectivity index (χ1v) is 6.19. The van der Waals surface area contributed by atoms with E-state index >= 15 is 0 Å². The van der Waals surface area contributed by atoms with Crippen LogP contribution in [-0.4, -0.2) is 5.91 Å². The molecule has 0 radical (unpaired) electrons. The van der Waals surface area contributed by atoms with E-state index in [9.17, 15) is 4.79 Å². The highest BCUT2D eigenvalue weighted by atomic mass is 16.5. The molecule has 2 rings (SSSR count). The van der Waals surface area contributed by atoms with E-state index in [4.69, 9.17) is 16.3 Å². The normalized spacial score (nSPS) is 10.1. The van der Waals surface area contributed by atoms with Crippen molar-refractivity contribution in [1.82, 2.24) is 5.43 Å². The molecule has 5 N–H and O–H groups in total. The number of hydrazine groups is 1. The molecule has 2 aromatic rings. The number of nitrogen functional groups attached to an aromatic ring is 2. The lowest BCUT2D eigenvalue weighted by Crippen LogP contribution is -2.30. The fraction of sp³-hybridized carbons (Fsp3) is 0.133. The number of hydrogen-bond donors (Lipinski definition) is 3. The lowest BCUT2D eigenvalue weighted by atomic mass is 10.1. The summed E-state index contributed by atoms with van der Waals surface area (Å²) < 4.78 is 5.68. The Kier molecular flexibility index (Phi) is 4.22. The highest BCUT2D eigenvalue weighted by Crippen LogP contribution is 2.22. The molecule has 0 heterocycles. The van der Waals surface area contributed by atoms with Crippen LogP contribution in [0.15, 0.2) is 42.5 Å². The summed E-state index contributed by atoms with van der Waals surface area (Å²) >= 11 is 0. The van der Waals surface area contributed by atoms with Crippen molar-refractivity contribution in [1.29, 1.82) is 0 Å². The maximum atomic E-state index is 11.7. The molecule has 104 valence electrons. The Labute approximate surface area is 117 Å². The molecule has 20 heavy (non-hydrogen) atoms. The van der Waals surface area contributed by atoms with Crippen molar-refractivity contribution in [3.8, 4) is 5.75 Å². The van der Waals surface area contributed by atoms with Crippen molar-refractivity contribution in [2.45, 2.75) is 13.5 Å². The molecule has 0 aliphatic heterocycles. The average Bonchev–Trinajstić information content (AvgIpc) is 2.45. The molecular weight excluding hydrogens is 254 g/mol. The van der Waals surface area contributed by atoms with Crippen LogP contribution in [0.4, 0.5) is 5.69 Å². The van der Waals surface area contributed by atoms with Gasteiger partial charge in [0.2, 0.25) is 0 Å². The van der Waals surface area contributed by atoms with Crippen molar-refractivity contribution in [2.75, 3.05) is 5.73 Å². The minimum Gasteiger partial charge on any atom is -0.488 e. The number of amides is 1. The highest BCUT2D eigenvalue weighted by Gasteiger charge is 2.12. The number of hydrogen-bond acceptors (Lipinski definition) is 4. The second kappa shape index (κ2) is 6.08. The molecule has 0 spiro atoms. The molecule has 0 aliphatic carbocycles. The van der Waals surface area contributed by atoms with Crippen molar-refractivity contribution in [3.05, 3.63) is 59.2 Å². The minimum absolute atomic E-state index is 0.320. The summed E-state index contributed by atoms with van der Waals surface area (Å²) in [6.07, 6.45) is 0. The second-order valence-electron chi connectivity index (χ2n) is 4.51. The van der Waals surface area contributed by atoms with Crippen LogP contribution in [0.5, 0.6) is 5.75 Å². The predicted molar refractivity (Wildman–Crippen MR) is 78.0 cm³/mol. The number of carbonyl (C=O) groups excluding carboxylic acids is 1. The largest absolute Gasteiger partial charge is 0.488 e. The lowest BCUT2D eigenvalue weighted by molar-refractivity contribution is 0.0949. The molecule has 0 saturated heterocycles. The first-order valence-electron chi connectivity index (χ1n) is 6.19. The Balaban J connectivity index is 2.19. The highest BCUT2D eigenvalue weighted by molar-refractivity contribution is 5.97. The molecule has 2 aromatic carbocycles. The number of ether oxygens (including phenoxy) is 1. The molecule has 0 saturated carbocycles. The van der Waals surface area contributed by atoms with Crippen molar-refractivity contribution in [3.63, 3.8) is 0 Å². The number of nitrogens with two attached hydrogens (primary N) is 2. The van der Waals surface area contributed by atoms with Gasteiger partial charge in [0.25, 0.3) is 5.91 Å². The summed E-state index contributed by atoms with van der Waals surface area (Å²) in [6, 6.07) is 12.8. The van der Waals surface area contributed by atoms with Gasteiger partial charge in [-0.05, 0) is 30.7 Å². The van der Waals surface area contributed by atoms with E-state index in [-0.39, 0.29) is 0 Å². The van der Waals surface area contributed by atoms with E-state index in [1.165, 1.54) is 6.07 Å². The van der Waals surface area contributed by atoms with Crippen LogP contribution < -0.4 is 21.7 Å². The van der Waals surface area contributed by atoms with Gasteiger partial charge in [0, 0.05) is 5.69 Å². The number of benzene rings is 2. The molecule has 5 nitrogen and oxygen atoms in total. The predicted octanol–water partition coefficient (Wildman–Crippen LogP) is 1.76. The Bertz CT molecular complexity index is 626. The smallest absolute Gasteiger partial charge is 0.269 e. The van der Waals surface area contributed by atoms with Crippen LogP contribution in [-0.2, 0) is 6.61 Å². The molecule has 5 heteroatoms. The maximum absolute atomic E-state index is 11.7. The van der Waals surface area contributed by atoms with Crippen molar-refractivity contribution < 1.29 is 9.53 Å². The Morgan fingerprint density at radius 2 is 2.05 bits per heavy atom. The van der Waals surface area contributed by atoms with Gasteiger partial charge in [0.1, 0.15) is 12.4 Å². The maximum Gasteiger partial charge on any atom is 0.269 e. The van der Waals surface area contributed by atoms with E-state index in [0.717, 1.165) is 11.1 Å². The van der Waals surface area contributed by atoms with Crippen molar-refractivity contribution in [2.24, 2.45) is 5.84 Å². The number of aryl methyl sites for hydroxylation is 1. The fourth-order valence-electron chi connectivity index (χ4n) is 1.89. The number of carbonyl (C=O) groups is 1. The summed E-state index contributed by atoms with van der Waals surface area (Å²) in [5.41, 5.74) is 10.7. The van der Waals surface area contributed by atoms with E-state index in [1.807, 2.05) is 31.2 Å². The average molecular weight is 271 g/mol. The summed E-state index contributed by atoms with van der Waals surface area (Å²) in [5, 5.41) is 0. The van der Waals surface area contributed by atoms with Crippen LogP contribution in [0.25, 0.3) is 0 Å². The quantitative estimate of drug-likeness (QED) is 0.342. The van der Waals surface area contributed by atoms with Crippen LogP contribution in [0, 0.1) is 6.92 Å². The number of nitrogens with one attached hydrogen (secondary N) is 1. The van der Waals surface area contributed by atoms with Gasteiger partial charge < -0.3 is 10.5 Å². The van der Waals surface area contributed by atoms with E-state index in [0.29, 0.717) is 23.6 Å². The second-order valence-corrected chi connectivity index (χ2v) is 4.51. The third-order valence-electron chi connectivity index (χ3n) is 2.86. The van der Waals surface area contributed by atoms with E-state index < -0.39 is 5.91 Å². The first kappa shape index (κ1) is 13.9. The molecule has 0 unspecified atom stereocenters. The monoisotopic (exact) mass is 271 g/mol. The SMILES string of the molecule is Cc1cccc(COc2ccc(N)cc2C(=O)NN)c1. The summed E-state index contributed by atoms with van der Waals surface area (Å²) in [5.74, 6) is 5.17. The lowest BCUT2D eigenvalue weighted by Gasteiger charge is -2.11. The minimum atomic E-state index is -0.434. The molecule has 1 amide bonds. The van der Waals surface area contributed by atoms with E-state index in [1.54, 1.807) is 12.1 Å². The van der Waals surface area contributed by atoms with Gasteiger partial charge in [-0.2, -0.15) is 0 Å². The summed E-state index contributed by atoms with van der Waals surface area (Å²) in [6.45, 7) is 2.39. The third-order valence-corrected chi connectivity index (χ3v) is 2.86. The molecule has 0 bridgehead atoms. The van der Waals surface area contributed by atoms with Crippen LogP contribution in [0.2, 0.25) is 0 Å². The summed E-state index contributed by atoms with van der Waals surface area (Å²) in [7, 11) is 0. The molecule has 0 aliphatic rings. The first-order chi connectivity index (χ1) is 9.60. The topological polar surface area (TPSA) is 90.4 Å². The van der Waals surface area contributed by atoms with Gasteiger partial charge >= 0.3 is 0 Å². The number of rotatable bonds is 4. The molecule has 0 fully saturated rings. The Morgan fingerprint density at radius 3 is 2.75 bits per heavy atom. The summed E-state index contributed by atoms with van der Waals surface area (Å²) in [4.78, 5) is 11.7. The molecule has 0 aromatic heterocycles. The zero-order valence-electron chi connectivity index (χ0n) is 11.2. The standard InChI is InChI=1S/C15H17N3O2/c1-10-3-2-4-11(7-10)9-20-14-6-5-12(16)8-13(14)15(19)18-17/h2-8H,9,16-17H2,1H3,(H,18,19). The Hall–Kier alpha value is -2.53. The van der Waals surface area contributed by atoms with Crippen molar-refractivity contribution >= 4 is 11.6 Å². The fourth-order valence-corrected chi connectivity index (χ4v) is 1.89. The van der Waals surface area contributed by atoms with Crippen LogP contribution in [0.1, 0.15) is 21.5 Å². The van der Waals surface area contributed by atoms with Gasteiger partial charge in [-0.25, -0.2) is 5.84 Å². The van der Waals surface area contributed by atoms with Gasteiger partial charge in [-0.15, -0.1) is 0 Å². The zero-order chi connectivity index (χ0) is 14.5. The molecular formula is C15H17N3O2. The van der Waals surface area contributed by atoms with Crippen LogP contribution >= 0.6 is 0 Å². The number of anilines is 1. The van der Waals surface area contributed by atoms with Gasteiger partial charge in [-0.1, -0.05) is 29.8 Å². The van der Waals surface area contributed by atoms with E-state index in [2.05, 4.69) is 5.43 Å². The van der Waals surface area contributed by atoms with Crippen LogP contribution in [0.3, 0.4) is 0 Å². The van der Waals surface area contributed by atoms with Gasteiger partial charge in [0.05, 0.1) is 5.56 Å². The zero-order valence-corrected chi connectivity index (χ0v) is 11.2. The molecule has 0 atom stereocenters. The van der Waals surface area contributed by atoms with Gasteiger partial charge in [-0.3, -0.25) is 10.2 Å².